The summed E-state index contributed by atoms with van der Waals surface area (Å²) in [6.07, 6.45) is 2.51. The monoisotopic (exact) mass is 294 g/mol. The standard InChI is InChI=1S/C17H27ClN2/c1-5-8-19-13(3)14-6-7-17(16(18)10-14)20(4)11-15-9-12(15)2/h6-7,10,12-13,15,19H,5,8-9,11H2,1-4H3. The third-order valence-corrected chi connectivity index (χ3v) is 4.67. The van der Waals surface area contributed by atoms with E-state index in [-0.39, 0.29) is 0 Å². The van der Waals surface area contributed by atoms with Gasteiger partial charge in [0.05, 0.1) is 10.7 Å². The van der Waals surface area contributed by atoms with E-state index < -0.39 is 0 Å². The van der Waals surface area contributed by atoms with E-state index >= 15 is 0 Å². The summed E-state index contributed by atoms with van der Waals surface area (Å²) in [4.78, 5) is 2.30. The van der Waals surface area contributed by atoms with Gasteiger partial charge in [0, 0.05) is 19.6 Å². The first kappa shape index (κ1) is 15.7. The van der Waals surface area contributed by atoms with Crippen LogP contribution in [-0.4, -0.2) is 20.1 Å². The molecule has 0 radical (unpaired) electrons. The zero-order valence-corrected chi connectivity index (χ0v) is 13.9. The Bertz CT molecular complexity index is 447. The van der Waals surface area contributed by atoms with E-state index in [2.05, 4.69) is 56.2 Å². The van der Waals surface area contributed by atoms with Gasteiger partial charge in [0.1, 0.15) is 0 Å². The van der Waals surface area contributed by atoms with Gasteiger partial charge in [-0.05, 0) is 55.8 Å². The van der Waals surface area contributed by atoms with Gasteiger partial charge in [0.25, 0.3) is 0 Å². The van der Waals surface area contributed by atoms with Crippen molar-refractivity contribution in [1.82, 2.24) is 5.32 Å². The van der Waals surface area contributed by atoms with E-state index in [4.69, 9.17) is 11.6 Å². The van der Waals surface area contributed by atoms with E-state index in [0.717, 1.165) is 42.1 Å². The smallest absolute Gasteiger partial charge is 0.0642 e. The summed E-state index contributed by atoms with van der Waals surface area (Å²) in [6, 6.07) is 6.82. The molecule has 0 bridgehead atoms. The Hall–Kier alpha value is -0.730. The third kappa shape index (κ3) is 3.89. The largest absolute Gasteiger partial charge is 0.373 e. The van der Waals surface area contributed by atoms with Crippen LogP contribution in [0.25, 0.3) is 0 Å². The molecule has 3 heteroatoms. The van der Waals surface area contributed by atoms with E-state index in [0.29, 0.717) is 6.04 Å². The molecule has 0 amide bonds. The molecule has 0 heterocycles. The highest BCUT2D eigenvalue weighted by atomic mass is 35.5. The fourth-order valence-corrected chi connectivity index (χ4v) is 3.02. The lowest BCUT2D eigenvalue weighted by molar-refractivity contribution is 0.570. The Labute approximate surface area is 128 Å². The molecular formula is C17H27ClN2. The SMILES string of the molecule is CCCNC(C)c1ccc(N(C)CC2CC2C)c(Cl)c1. The third-order valence-electron chi connectivity index (χ3n) is 4.37. The van der Waals surface area contributed by atoms with Crippen molar-refractivity contribution in [3.63, 3.8) is 0 Å². The van der Waals surface area contributed by atoms with Crippen LogP contribution in [0.4, 0.5) is 5.69 Å². The van der Waals surface area contributed by atoms with Gasteiger partial charge in [0.2, 0.25) is 0 Å². The Morgan fingerprint density at radius 3 is 2.70 bits per heavy atom. The minimum Gasteiger partial charge on any atom is -0.373 e. The van der Waals surface area contributed by atoms with Crippen LogP contribution in [0, 0.1) is 11.8 Å². The molecule has 112 valence electrons. The maximum absolute atomic E-state index is 6.47. The van der Waals surface area contributed by atoms with Crippen LogP contribution in [-0.2, 0) is 0 Å². The number of hydrogen-bond acceptors (Lipinski definition) is 2. The summed E-state index contributed by atoms with van der Waals surface area (Å²) in [5, 5.41) is 4.36. The molecule has 20 heavy (non-hydrogen) atoms. The van der Waals surface area contributed by atoms with Gasteiger partial charge in [0.15, 0.2) is 0 Å². The fourth-order valence-electron chi connectivity index (χ4n) is 2.68. The Kier molecular flexibility index (Phi) is 5.34. The molecule has 2 rings (SSSR count). The molecule has 0 spiro atoms. The summed E-state index contributed by atoms with van der Waals surface area (Å²) >= 11 is 6.47. The van der Waals surface area contributed by atoms with E-state index in [1.807, 2.05) is 0 Å². The fraction of sp³-hybridized carbons (Fsp3) is 0.647. The molecule has 1 fully saturated rings. The predicted molar refractivity (Wildman–Crippen MR) is 88.7 cm³/mol. The van der Waals surface area contributed by atoms with Crippen LogP contribution in [0.1, 0.15) is 45.2 Å². The molecule has 0 saturated heterocycles. The number of anilines is 1. The predicted octanol–water partition coefficient (Wildman–Crippen LogP) is 4.49. The Balaban J connectivity index is 2.01. The van der Waals surface area contributed by atoms with Crippen molar-refractivity contribution in [2.24, 2.45) is 11.8 Å². The number of nitrogens with zero attached hydrogens (tertiary/aromatic N) is 1. The lowest BCUT2D eigenvalue weighted by Crippen LogP contribution is -2.22. The van der Waals surface area contributed by atoms with Gasteiger partial charge >= 0.3 is 0 Å². The first-order chi connectivity index (χ1) is 9.52. The van der Waals surface area contributed by atoms with Crippen LogP contribution in [0.5, 0.6) is 0 Å². The molecule has 1 aromatic rings. The highest BCUT2D eigenvalue weighted by Gasteiger charge is 2.33. The van der Waals surface area contributed by atoms with E-state index in [1.165, 1.54) is 12.0 Å². The average Bonchev–Trinajstić information content (AvgIpc) is 3.10. The lowest BCUT2D eigenvalue weighted by atomic mass is 10.1. The molecule has 1 aliphatic rings. The van der Waals surface area contributed by atoms with Crippen molar-refractivity contribution in [3.05, 3.63) is 28.8 Å². The van der Waals surface area contributed by atoms with Crippen LogP contribution < -0.4 is 10.2 Å². The molecule has 3 unspecified atom stereocenters. The summed E-state index contributed by atoms with van der Waals surface area (Å²) in [6.45, 7) is 8.86. The quantitative estimate of drug-likeness (QED) is 0.797. The van der Waals surface area contributed by atoms with Crippen molar-refractivity contribution < 1.29 is 0 Å². The minimum atomic E-state index is 0.357. The van der Waals surface area contributed by atoms with Crippen LogP contribution in [0.3, 0.4) is 0 Å². The number of nitrogens with one attached hydrogen (secondary N) is 1. The van der Waals surface area contributed by atoms with Crippen molar-refractivity contribution in [1.29, 1.82) is 0 Å². The molecule has 1 N–H and O–H groups in total. The lowest BCUT2D eigenvalue weighted by Gasteiger charge is -2.22. The molecule has 0 aromatic heterocycles. The molecule has 2 nitrogen and oxygen atoms in total. The van der Waals surface area contributed by atoms with Crippen LogP contribution in [0.2, 0.25) is 5.02 Å². The highest BCUT2D eigenvalue weighted by Crippen LogP contribution is 2.39. The average molecular weight is 295 g/mol. The van der Waals surface area contributed by atoms with Crippen LogP contribution >= 0.6 is 11.6 Å². The van der Waals surface area contributed by atoms with Gasteiger partial charge in [-0.3, -0.25) is 0 Å². The van der Waals surface area contributed by atoms with Gasteiger partial charge in [-0.2, -0.15) is 0 Å². The minimum absolute atomic E-state index is 0.357. The summed E-state index contributed by atoms with van der Waals surface area (Å²) < 4.78 is 0. The normalized spacial score (nSPS) is 22.6. The zero-order chi connectivity index (χ0) is 14.7. The molecule has 1 aromatic carbocycles. The Morgan fingerprint density at radius 1 is 1.45 bits per heavy atom. The second-order valence-corrected chi connectivity index (χ2v) is 6.65. The maximum Gasteiger partial charge on any atom is 0.0642 e. The topological polar surface area (TPSA) is 15.3 Å². The molecule has 0 aliphatic heterocycles. The van der Waals surface area contributed by atoms with E-state index in [9.17, 15) is 0 Å². The zero-order valence-electron chi connectivity index (χ0n) is 13.1. The number of benzene rings is 1. The van der Waals surface area contributed by atoms with Gasteiger partial charge < -0.3 is 10.2 Å². The molecule has 3 atom stereocenters. The number of halogens is 1. The van der Waals surface area contributed by atoms with Crippen LogP contribution in [0.15, 0.2) is 18.2 Å². The second-order valence-electron chi connectivity index (χ2n) is 6.24. The number of rotatable bonds is 7. The number of hydrogen-bond donors (Lipinski definition) is 1. The van der Waals surface area contributed by atoms with Gasteiger partial charge in [-0.1, -0.05) is 31.5 Å². The van der Waals surface area contributed by atoms with Crippen molar-refractivity contribution in [3.8, 4) is 0 Å². The van der Waals surface area contributed by atoms with Gasteiger partial charge in [-0.25, -0.2) is 0 Å². The molecule has 1 aliphatic carbocycles. The maximum atomic E-state index is 6.47. The first-order valence-corrected chi connectivity index (χ1v) is 8.14. The van der Waals surface area contributed by atoms with Gasteiger partial charge in [-0.15, -0.1) is 0 Å². The molecular weight excluding hydrogens is 268 g/mol. The van der Waals surface area contributed by atoms with Crippen molar-refractivity contribution in [2.75, 3.05) is 25.0 Å². The van der Waals surface area contributed by atoms with Crippen molar-refractivity contribution in [2.45, 2.75) is 39.7 Å². The first-order valence-electron chi connectivity index (χ1n) is 7.76. The molecule has 1 saturated carbocycles. The summed E-state index contributed by atoms with van der Waals surface area (Å²) in [7, 11) is 2.14. The highest BCUT2D eigenvalue weighted by molar-refractivity contribution is 6.33. The Morgan fingerprint density at radius 2 is 2.15 bits per heavy atom. The van der Waals surface area contributed by atoms with E-state index in [1.54, 1.807) is 0 Å². The summed E-state index contributed by atoms with van der Waals surface area (Å²) in [5.74, 6) is 1.73. The second kappa shape index (κ2) is 6.82. The van der Waals surface area contributed by atoms with Crippen molar-refractivity contribution >= 4 is 17.3 Å². The summed E-state index contributed by atoms with van der Waals surface area (Å²) in [5.41, 5.74) is 2.41.